The van der Waals surface area contributed by atoms with Crippen LogP contribution in [-0.4, -0.2) is 37.2 Å². The lowest BCUT2D eigenvalue weighted by atomic mass is 10.0. The summed E-state index contributed by atoms with van der Waals surface area (Å²) in [6.45, 7) is 3.67. The molecule has 0 bridgehead atoms. The molecule has 0 atom stereocenters. The fraction of sp³-hybridized carbons (Fsp3) is 0.273. The number of rotatable bonds is 5. The molecule has 1 aliphatic heterocycles. The zero-order valence-electron chi connectivity index (χ0n) is 15.2. The lowest BCUT2D eigenvalue weighted by Gasteiger charge is -2.28. The molecule has 2 aromatic carbocycles. The van der Waals surface area contributed by atoms with Crippen molar-refractivity contribution in [2.45, 2.75) is 13.0 Å². The van der Waals surface area contributed by atoms with Crippen molar-refractivity contribution in [2.75, 3.05) is 31.2 Å². The molecule has 1 N–H and O–H groups in total. The zero-order valence-corrected chi connectivity index (χ0v) is 15.2. The van der Waals surface area contributed by atoms with Crippen LogP contribution in [0.1, 0.15) is 11.1 Å². The van der Waals surface area contributed by atoms with Crippen molar-refractivity contribution in [3.8, 4) is 0 Å². The van der Waals surface area contributed by atoms with E-state index >= 15 is 0 Å². The summed E-state index contributed by atoms with van der Waals surface area (Å²) >= 11 is 0. The summed E-state index contributed by atoms with van der Waals surface area (Å²) in [5, 5.41) is 5.32. The third kappa shape index (κ3) is 4.26. The second-order valence-electron chi connectivity index (χ2n) is 6.71. The Balaban J connectivity index is 1.39. The lowest BCUT2D eigenvalue weighted by molar-refractivity contribution is -0.120. The number of carbonyl (C=O) groups excluding carboxylic acids is 1. The van der Waals surface area contributed by atoms with E-state index in [0.717, 1.165) is 54.0 Å². The van der Waals surface area contributed by atoms with E-state index in [2.05, 4.69) is 33.4 Å². The first-order valence-corrected chi connectivity index (χ1v) is 9.30. The Morgan fingerprint density at radius 2 is 1.89 bits per heavy atom. The van der Waals surface area contributed by atoms with Gasteiger partial charge in [0.25, 0.3) is 0 Å². The first-order valence-electron chi connectivity index (χ1n) is 9.30. The number of amides is 1. The summed E-state index contributed by atoms with van der Waals surface area (Å²) in [6, 6.07) is 18.2. The van der Waals surface area contributed by atoms with Crippen molar-refractivity contribution >= 4 is 22.5 Å². The molecule has 4 rings (SSSR count). The van der Waals surface area contributed by atoms with Crippen molar-refractivity contribution in [3.05, 3.63) is 71.9 Å². The minimum absolute atomic E-state index is 0.0242. The molecule has 0 spiro atoms. The highest BCUT2D eigenvalue weighted by Crippen LogP contribution is 2.19. The van der Waals surface area contributed by atoms with Crippen LogP contribution in [0.5, 0.6) is 0 Å². The van der Waals surface area contributed by atoms with Crippen molar-refractivity contribution in [2.24, 2.45) is 0 Å². The summed E-state index contributed by atoms with van der Waals surface area (Å²) in [4.78, 5) is 19.1. The van der Waals surface area contributed by atoms with Crippen molar-refractivity contribution < 1.29 is 9.53 Å². The minimum Gasteiger partial charge on any atom is -0.378 e. The second kappa shape index (κ2) is 8.18. The van der Waals surface area contributed by atoms with Crippen molar-refractivity contribution in [1.29, 1.82) is 0 Å². The van der Waals surface area contributed by atoms with E-state index in [4.69, 9.17) is 4.74 Å². The molecule has 2 heterocycles. The number of hydrogen-bond acceptors (Lipinski definition) is 4. The summed E-state index contributed by atoms with van der Waals surface area (Å²) in [5.74, 6) is 0.968. The van der Waals surface area contributed by atoms with Crippen LogP contribution >= 0.6 is 0 Å². The van der Waals surface area contributed by atoms with Gasteiger partial charge in [-0.25, -0.2) is 4.98 Å². The van der Waals surface area contributed by atoms with Crippen LogP contribution in [0.3, 0.4) is 0 Å². The quantitative estimate of drug-likeness (QED) is 0.759. The molecule has 0 saturated carbocycles. The van der Waals surface area contributed by atoms with Gasteiger partial charge in [-0.1, -0.05) is 42.5 Å². The van der Waals surface area contributed by atoms with Gasteiger partial charge in [0.2, 0.25) is 5.91 Å². The molecule has 3 aromatic rings. The van der Waals surface area contributed by atoms with Gasteiger partial charge in [-0.15, -0.1) is 0 Å². The largest absolute Gasteiger partial charge is 0.378 e. The summed E-state index contributed by atoms with van der Waals surface area (Å²) in [6.07, 6.45) is 2.18. The Morgan fingerprint density at radius 3 is 2.78 bits per heavy atom. The highest BCUT2D eigenvalue weighted by atomic mass is 16.5. The van der Waals surface area contributed by atoms with Gasteiger partial charge < -0.3 is 15.0 Å². The molecular weight excluding hydrogens is 338 g/mol. The predicted octanol–water partition coefficient (Wildman–Crippen LogP) is 2.93. The Kier molecular flexibility index (Phi) is 5.30. The van der Waals surface area contributed by atoms with E-state index < -0.39 is 0 Å². The molecular formula is C22H23N3O2. The predicted molar refractivity (Wildman–Crippen MR) is 107 cm³/mol. The van der Waals surface area contributed by atoms with Crippen LogP contribution in [0.15, 0.2) is 60.8 Å². The average molecular weight is 361 g/mol. The van der Waals surface area contributed by atoms with Gasteiger partial charge in [-0.2, -0.15) is 0 Å². The van der Waals surface area contributed by atoms with Crippen LogP contribution in [0.4, 0.5) is 5.82 Å². The van der Waals surface area contributed by atoms with E-state index in [0.29, 0.717) is 13.0 Å². The van der Waals surface area contributed by atoms with Gasteiger partial charge in [0, 0.05) is 25.8 Å². The number of pyridine rings is 1. The van der Waals surface area contributed by atoms with Gasteiger partial charge in [-0.3, -0.25) is 4.79 Å². The Bertz CT molecular complexity index is 930. The molecule has 0 radical (unpaired) electrons. The highest BCUT2D eigenvalue weighted by Gasteiger charge is 2.13. The maximum atomic E-state index is 12.5. The van der Waals surface area contributed by atoms with Crippen LogP contribution in [-0.2, 0) is 22.5 Å². The first-order chi connectivity index (χ1) is 13.3. The molecule has 1 aliphatic rings. The van der Waals surface area contributed by atoms with E-state index in [-0.39, 0.29) is 5.91 Å². The van der Waals surface area contributed by atoms with Crippen molar-refractivity contribution in [1.82, 2.24) is 10.3 Å². The van der Waals surface area contributed by atoms with Gasteiger partial charge >= 0.3 is 0 Å². The highest BCUT2D eigenvalue weighted by molar-refractivity contribution is 5.90. The molecule has 1 saturated heterocycles. The third-order valence-electron chi connectivity index (χ3n) is 4.87. The van der Waals surface area contributed by atoms with Crippen LogP contribution in [0.25, 0.3) is 10.8 Å². The Hall–Kier alpha value is -2.92. The fourth-order valence-corrected chi connectivity index (χ4v) is 3.42. The second-order valence-corrected chi connectivity index (χ2v) is 6.71. The molecule has 138 valence electrons. The topological polar surface area (TPSA) is 54.5 Å². The SMILES string of the molecule is O=C(Cc1cccc2ccccc12)NCc1ccnc(N2CCOCC2)c1. The fourth-order valence-electron chi connectivity index (χ4n) is 3.42. The maximum absolute atomic E-state index is 12.5. The van der Waals surface area contributed by atoms with E-state index in [9.17, 15) is 4.79 Å². The standard InChI is InChI=1S/C22H23N3O2/c26-22(15-19-6-3-5-18-4-1-2-7-20(18)19)24-16-17-8-9-23-21(14-17)25-10-12-27-13-11-25/h1-9,14H,10-13,15-16H2,(H,24,26). The number of ether oxygens (including phenoxy) is 1. The van der Waals surface area contributed by atoms with Crippen molar-refractivity contribution in [3.63, 3.8) is 0 Å². The normalized spacial score (nSPS) is 14.3. The number of aromatic nitrogens is 1. The first kappa shape index (κ1) is 17.5. The van der Waals surface area contributed by atoms with Crippen LogP contribution < -0.4 is 10.2 Å². The maximum Gasteiger partial charge on any atom is 0.224 e. The molecule has 0 aliphatic carbocycles. The average Bonchev–Trinajstić information content (AvgIpc) is 2.73. The Morgan fingerprint density at radius 1 is 1.07 bits per heavy atom. The monoisotopic (exact) mass is 361 g/mol. The van der Waals surface area contributed by atoms with Gasteiger partial charge in [0.15, 0.2) is 0 Å². The molecule has 1 aromatic heterocycles. The number of nitrogens with one attached hydrogen (secondary N) is 1. The van der Waals surface area contributed by atoms with Gasteiger partial charge in [0.1, 0.15) is 5.82 Å². The zero-order chi connectivity index (χ0) is 18.5. The summed E-state index contributed by atoms with van der Waals surface area (Å²) < 4.78 is 5.39. The molecule has 0 unspecified atom stereocenters. The third-order valence-corrected chi connectivity index (χ3v) is 4.87. The van der Waals surface area contributed by atoms with Gasteiger partial charge in [0.05, 0.1) is 19.6 Å². The lowest BCUT2D eigenvalue weighted by Crippen LogP contribution is -2.36. The van der Waals surface area contributed by atoms with E-state index in [1.165, 1.54) is 0 Å². The molecule has 1 fully saturated rings. The van der Waals surface area contributed by atoms with Crippen LogP contribution in [0, 0.1) is 0 Å². The molecule has 1 amide bonds. The van der Waals surface area contributed by atoms with E-state index in [1.807, 2.05) is 36.4 Å². The number of fused-ring (bicyclic) bond motifs is 1. The minimum atomic E-state index is 0.0242. The number of anilines is 1. The number of benzene rings is 2. The Labute approximate surface area is 159 Å². The number of carbonyl (C=O) groups is 1. The molecule has 5 nitrogen and oxygen atoms in total. The van der Waals surface area contributed by atoms with E-state index in [1.54, 1.807) is 6.20 Å². The molecule has 27 heavy (non-hydrogen) atoms. The number of hydrogen-bond donors (Lipinski definition) is 1. The molecule has 5 heteroatoms. The van der Waals surface area contributed by atoms with Gasteiger partial charge in [-0.05, 0) is 34.0 Å². The summed E-state index contributed by atoms with van der Waals surface area (Å²) in [7, 11) is 0. The number of morpholine rings is 1. The summed E-state index contributed by atoms with van der Waals surface area (Å²) in [5.41, 5.74) is 2.10. The smallest absolute Gasteiger partial charge is 0.224 e. The number of nitrogens with zero attached hydrogens (tertiary/aromatic N) is 2. The van der Waals surface area contributed by atoms with Crippen LogP contribution in [0.2, 0.25) is 0 Å².